The van der Waals surface area contributed by atoms with Gasteiger partial charge in [0.2, 0.25) is 0 Å². The number of fused-ring (bicyclic) bond motifs is 2. The lowest BCUT2D eigenvalue weighted by Gasteiger charge is -2.31. The topological polar surface area (TPSA) is 55.8 Å². The molecular formula is C11H17NO4. The molecule has 16 heavy (non-hydrogen) atoms. The van der Waals surface area contributed by atoms with Gasteiger partial charge in [-0.15, -0.1) is 0 Å². The van der Waals surface area contributed by atoms with E-state index in [1.165, 1.54) is 4.90 Å². The normalized spacial score (nSPS) is 32.9. The number of carbonyl (C=O) groups excluding carboxylic acids is 2. The molecule has 0 spiro atoms. The van der Waals surface area contributed by atoms with Crippen molar-refractivity contribution in [3.63, 3.8) is 0 Å². The summed E-state index contributed by atoms with van der Waals surface area (Å²) in [5, 5.41) is 0. The zero-order valence-corrected chi connectivity index (χ0v) is 10.1. The van der Waals surface area contributed by atoms with Crippen LogP contribution in [0.2, 0.25) is 0 Å². The minimum atomic E-state index is -0.538. The molecule has 90 valence electrons. The molecule has 2 saturated heterocycles. The number of ether oxygens (including phenoxy) is 2. The first-order valence-electron chi connectivity index (χ1n) is 5.43. The van der Waals surface area contributed by atoms with Crippen molar-refractivity contribution in [2.24, 2.45) is 0 Å². The van der Waals surface area contributed by atoms with E-state index in [2.05, 4.69) is 0 Å². The van der Waals surface area contributed by atoms with Gasteiger partial charge in [-0.05, 0) is 27.7 Å². The molecule has 0 N–H and O–H groups in total. The highest BCUT2D eigenvalue weighted by molar-refractivity contribution is 5.85. The minimum absolute atomic E-state index is 0.320. The van der Waals surface area contributed by atoms with Gasteiger partial charge in [0.15, 0.2) is 0 Å². The Balaban J connectivity index is 2.08. The SMILES string of the molecule is CC(C)(C)OC(=O)N1C[C@]2(C)C[C@H]1C(=O)O2. The van der Waals surface area contributed by atoms with Gasteiger partial charge >= 0.3 is 12.1 Å². The van der Waals surface area contributed by atoms with E-state index in [1.54, 1.807) is 20.8 Å². The van der Waals surface area contributed by atoms with Gasteiger partial charge in [-0.2, -0.15) is 0 Å². The molecule has 0 radical (unpaired) electrons. The van der Waals surface area contributed by atoms with Crippen LogP contribution in [0.4, 0.5) is 4.79 Å². The summed E-state index contributed by atoms with van der Waals surface area (Å²) in [6.07, 6.45) is 0.142. The Morgan fingerprint density at radius 3 is 2.62 bits per heavy atom. The van der Waals surface area contributed by atoms with Crippen LogP contribution in [0.15, 0.2) is 0 Å². The van der Waals surface area contributed by atoms with E-state index in [0.717, 1.165) is 0 Å². The molecule has 5 heteroatoms. The average molecular weight is 227 g/mol. The first-order valence-corrected chi connectivity index (χ1v) is 5.43. The number of nitrogens with zero attached hydrogens (tertiary/aromatic N) is 1. The van der Waals surface area contributed by atoms with Crippen molar-refractivity contribution in [3.05, 3.63) is 0 Å². The van der Waals surface area contributed by atoms with Gasteiger partial charge in [0.05, 0.1) is 6.54 Å². The summed E-state index contributed by atoms with van der Waals surface area (Å²) in [5.74, 6) is -0.320. The Morgan fingerprint density at radius 1 is 1.56 bits per heavy atom. The molecule has 2 aliphatic rings. The molecule has 0 aromatic rings. The molecule has 0 aromatic carbocycles. The largest absolute Gasteiger partial charge is 0.456 e. The number of carbonyl (C=O) groups is 2. The second kappa shape index (κ2) is 3.12. The molecule has 2 bridgehead atoms. The second-order valence-electron chi connectivity index (χ2n) is 5.70. The van der Waals surface area contributed by atoms with Crippen LogP contribution < -0.4 is 0 Å². The molecule has 2 rings (SSSR count). The molecule has 1 amide bonds. The molecule has 0 aliphatic carbocycles. The zero-order chi connectivity index (χ0) is 12.1. The molecule has 2 heterocycles. The van der Waals surface area contributed by atoms with E-state index in [4.69, 9.17) is 9.47 Å². The fourth-order valence-electron chi connectivity index (χ4n) is 2.16. The molecule has 2 fully saturated rings. The number of hydrogen-bond donors (Lipinski definition) is 0. The van der Waals surface area contributed by atoms with Gasteiger partial charge < -0.3 is 9.47 Å². The summed E-state index contributed by atoms with van der Waals surface area (Å²) >= 11 is 0. The van der Waals surface area contributed by atoms with E-state index in [1.807, 2.05) is 6.92 Å². The summed E-state index contributed by atoms with van der Waals surface area (Å²) in [7, 11) is 0. The third-order valence-corrected chi connectivity index (χ3v) is 2.75. The highest BCUT2D eigenvalue weighted by Gasteiger charge is 2.56. The van der Waals surface area contributed by atoms with Crippen LogP contribution in [0.5, 0.6) is 0 Å². The van der Waals surface area contributed by atoms with Crippen molar-refractivity contribution in [2.75, 3.05) is 6.54 Å². The summed E-state index contributed by atoms with van der Waals surface area (Å²) in [4.78, 5) is 24.8. The van der Waals surface area contributed by atoms with Gasteiger partial charge in [-0.3, -0.25) is 4.90 Å². The predicted molar refractivity (Wildman–Crippen MR) is 55.8 cm³/mol. The van der Waals surface area contributed by atoms with Crippen molar-refractivity contribution in [3.8, 4) is 0 Å². The summed E-state index contributed by atoms with van der Waals surface area (Å²) in [6, 6.07) is -0.458. The quantitative estimate of drug-likeness (QED) is 0.585. The van der Waals surface area contributed by atoms with Gasteiger partial charge in [0, 0.05) is 6.42 Å². The fourth-order valence-corrected chi connectivity index (χ4v) is 2.16. The van der Waals surface area contributed by atoms with Crippen LogP contribution in [0.1, 0.15) is 34.1 Å². The molecule has 5 nitrogen and oxygen atoms in total. The summed E-state index contributed by atoms with van der Waals surface area (Å²) in [5.41, 5.74) is -1.05. The lowest BCUT2D eigenvalue weighted by molar-refractivity contribution is -0.157. The third-order valence-electron chi connectivity index (χ3n) is 2.75. The summed E-state index contributed by atoms with van der Waals surface area (Å²) in [6.45, 7) is 7.69. The molecular weight excluding hydrogens is 210 g/mol. The molecule has 0 unspecified atom stereocenters. The highest BCUT2D eigenvalue weighted by Crippen LogP contribution is 2.38. The molecule has 0 aromatic heterocycles. The maximum Gasteiger partial charge on any atom is 0.411 e. The number of likely N-dealkylation sites (tertiary alicyclic amines) is 1. The van der Waals surface area contributed by atoms with E-state index in [0.29, 0.717) is 13.0 Å². The zero-order valence-electron chi connectivity index (χ0n) is 10.1. The van der Waals surface area contributed by atoms with Crippen molar-refractivity contribution >= 4 is 12.1 Å². The van der Waals surface area contributed by atoms with Crippen LogP contribution in [-0.4, -0.2) is 40.8 Å². The summed E-state index contributed by atoms with van der Waals surface area (Å²) < 4.78 is 10.4. The monoisotopic (exact) mass is 227 g/mol. The van der Waals surface area contributed by atoms with Crippen molar-refractivity contribution in [1.29, 1.82) is 0 Å². The Kier molecular flexibility index (Phi) is 2.19. The molecule has 2 aliphatic heterocycles. The van der Waals surface area contributed by atoms with Gasteiger partial charge in [0.25, 0.3) is 0 Å². The Hall–Kier alpha value is -1.26. The number of morpholine rings is 1. The van der Waals surface area contributed by atoms with E-state index >= 15 is 0 Å². The smallest absolute Gasteiger partial charge is 0.411 e. The average Bonchev–Trinajstić information content (AvgIpc) is 2.52. The minimum Gasteiger partial charge on any atom is -0.456 e. The lowest BCUT2D eigenvalue weighted by Crippen LogP contribution is -2.48. The van der Waals surface area contributed by atoms with Crippen LogP contribution in [-0.2, 0) is 14.3 Å². The van der Waals surface area contributed by atoms with Crippen molar-refractivity contribution < 1.29 is 19.1 Å². The van der Waals surface area contributed by atoms with E-state index < -0.39 is 23.3 Å². The number of hydrogen-bond acceptors (Lipinski definition) is 4. The van der Waals surface area contributed by atoms with Crippen molar-refractivity contribution in [1.82, 2.24) is 4.90 Å². The Morgan fingerprint density at radius 2 is 2.19 bits per heavy atom. The van der Waals surface area contributed by atoms with Crippen LogP contribution >= 0.6 is 0 Å². The first-order chi connectivity index (χ1) is 7.20. The van der Waals surface area contributed by atoms with Gasteiger partial charge in [-0.1, -0.05) is 0 Å². The molecule has 2 atom stereocenters. The lowest BCUT2D eigenvalue weighted by atomic mass is 10.1. The fraction of sp³-hybridized carbons (Fsp3) is 0.818. The third kappa shape index (κ3) is 1.86. The molecule has 0 saturated carbocycles. The standard InChI is InChI=1S/C11H17NO4/c1-10(2,3)16-9(14)12-6-11(4)5-7(12)8(13)15-11/h7H,5-6H2,1-4H3/t7-,11-/m0/s1. The maximum atomic E-state index is 11.8. The first kappa shape index (κ1) is 11.2. The number of rotatable bonds is 0. The highest BCUT2D eigenvalue weighted by atomic mass is 16.6. The predicted octanol–water partition coefficient (Wildman–Crippen LogP) is 1.31. The van der Waals surface area contributed by atoms with E-state index in [-0.39, 0.29) is 5.97 Å². The number of amides is 1. The second-order valence-corrected chi connectivity index (χ2v) is 5.70. The van der Waals surface area contributed by atoms with Gasteiger partial charge in [-0.25, -0.2) is 9.59 Å². The Bertz CT molecular complexity index is 346. The van der Waals surface area contributed by atoms with Crippen molar-refractivity contribution in [2.45, 2.75) is 51.4 Å². The maximum absolute atomic E-state index is 11.8. The Labute approximate surface area is 94.7 Å². The van der Waals surface area contributed by atoms with Crippen LogP contribution in [0.25, 0.3) is 0 Å². The number of esters is 1. The van der Waals surface area contributed by atoms with Crippen LogP contribution in [0, 0.1) is 0 Å². The van der Waals surface area contributed by atoms with E-state index in [9.17, 15) is 9.59 Å². The van der Waals surface area contributed by atoms with Crippen LogP contribution in [0.3, 0.4) is 0 Å². The van der Waals surface area contributed by atoms with Gasteiger partial charge in [0.1, 0.15) is 17.2 Å².